The third-order valence-corrected chi connectivity index (χ3v) is 1.99. The lowest BCUT2D eigenvalue weighted by Crippen LogP contribution is -2.38. The summed E-state index contributed by atoms with van der Waals surface area (Å²) >= 11 is 0. The molecule has 0 heterocycles. The second-order valence-electron chi connectivity index (χ2n) is 3.22. The average Bonchev–Trinajstić information content (AvgIpc) is 2.18. The molecule has 5 N–H and O–H groups in total. The Morgan fingerprint density at radius 3 is 2.60 bits per heavy atom. The van der Waals surface area contributed by atoms with E-state index in [-0.39, 0.29) is 12.0 Å². The van der Waals surface area contributed by atoms with Crippen LogP contribution < -0.4 is 11.5 Å². The maximum absolute atomic E-state index is 10.7. The van der Waals surface area contributed by atoms with Gasteiger partial charge in [0.2, 0.25) is 5.91 Å². The van der Waals surface area contributed by atoms with Crippen molar-refractivity contribution in [1.29, 1.82) is 0 Å². The summed E-state index contributed by atoms with van der Waals surface area (Å²) < 4.78 is 0. The second-order valence-corrected chi connectivity index (χ2v) is 3.22. The molecule has 80 valence electrons. The minimum Gasteiger partial charge on any atom is -0.478 e. The van der Waals surface area contributed by atoms with Crippen molar-refractivity contribution in [3.05, 3.63) is 35.4 Å². The van der Waals surface area contributed by atoms with E-state index < -0.39 is 17.9 Å². The number of carbonyl (C=O) groups excluding carboxylic acids is 1. The number of amides is 1. The number of hydrogen-bond acceptors (Lipinski definition) is 3. The number of rotatable bonds is 4. The molecular weight excluding hydrogens is 196 g/mol. The first kappa shape index (κ1) is 11.2. The lowest BCUT2D eigenvalue weighted by molar-refractivity contribution is -0.119. The summed E-state index contributed by atoms with van der Waals surface area (Å²) in [6, 6.07) is 5.48. The first-order valence-electron chi connectivity index (χ1n) is 4.38. The number of carboxylic acids is 1. The highest BCUT2D eigenvalue weighted by Crippen LogP contribution is 2.07. The van der Waals surface area contributed by atoms with Gasteiger partial charge in [0.1, 0.15) is 0 Å². The second kappa shape index (κ2) is 4.56. The lowest BCUT2D eigenvalue weighted by Gasteiger charge is -2.07. The van der Waals surface area contributed by atoms with Crippen LogP contribution in [-0.4, -0.2) is 23.0 Å². The molecule has 0 aliphatic rings. The highest BCUT2D eigenvalue weighted by molar-refractivity contribution is 5.87. The maximum atomic E-state index is 10.7. The molecule has 1 aromatic rings. The van der Waals surface area contributed by atoms with E-state index in [4.69, 9.17) is 16.6 Å². The summed E-state index contributed by atoms with van der Waals surface area (Å²) in [4.78, 5) is 21.4. The van der Waals surface area contributed by atoms with Crippen LogP contribution in [0.5, 0.6) is 0 Å². The summed E-state index contributed by atoms with van der Waals surface area (Å²) in [5.41, 5.74) is 11.3. The summed E-state index contributed by atoms with van der Waals surface area (Å²) in [5.74, 6) is -1.61. The highest BCUT2D eigenvalue weighted by Gasteiger charge is 2.11. The number of aromatic carboxylic acids is 1. The molecule has 0 aliphatic carbocycles. The van der Waals surface area contributed by atoms with Gasteiger partial charge in [-0.2, -0.15) is 0 Å². The number of carbonyl (C=O) groups is 2. The molecular formula is C10H12N2O3. The molecule has 5 nitrogen and oxygen atoms in total. The average molecular weight is 208 g/mol. The Hall–Kier alpha value is -1.88. The van der Waals surface area contributed by atoms with Crippen molar-refractivity contribution in [2.75, 3.05) is 0 Å². The van der Waals surface area contributed by atoms with Gasteiger partial charge in [-0.25, -0.2) is 4.79 Å². The standard InChI is InChI=1S/C10H12N2O3/c11-8(9(12)13)5-6-2-1-3-7(4-6)10(14)15/h1-4,8H,5,11H2,(H2,12,13)(H,14,15)/t8-/m0/s1. The first-order valence-corrected chi connectivity index (χ1v) is 4.38. The van der Waals surface area contributed by atoms with Crippen LogP contribution in [0.1, 0.15) is 15.9 Å². The molecule has 15 heavy (non-hydrogen) atoms. The van der Waals surface area contributed by atoms with Crippen molar-refractivity contribution < 1.29 is 14.7 Å². The van der Waals surface area contributed by atoms with Crippen molar-refractivity contribution >= 4 is 11.9 Å². The number of hydrogen-bond donors (Lipinski definition) is 3. The Morgan fingerprint density at radius 2 is 2.07 bits per heavy atom. The van der Waals surface area contributed by atoms with Gasteiger partial charge in [-0.15, -0.1) is 0 Å². The van der Waals surface area contributed by atoms with Gasteiger partial charge in [0.05, 0.1) is 11.6 Å². The largest absolute Gasteiger partial charge is 0.478 e. The van der Waals surface area contributed by atoms with Crippen LogP contribution in [-0.2, 0) is 11.2 Å². The molecule has 0 saturated heterocycles. The van der Waals surface area contributed by atoms with Crippen LogP contribution in [0.15, 0.2) is 24.3 Å². The van der Waals surface area contributed by atoms with Crippen LogP contribution >= 0.6 is 0 Å². The van der Waals surface area contributed by atoms with Crippen molar-refractivity contribution in [3.8, 4) is 0 Å². The van der Waals surface area contributed by atoms with Crippen LogP contribution in [0.25, 0.3) is 0 Å². The summed E-state index contributed by atoms with van der Waals surface area (Å²) in [7, 11) is 0. The fourth-order valence-electron chi connectivity index (χ4n) is 1.19. The van der Waals surface area contributed by atoms with Crippen LogP contribution in [0.4, 0.5) is 0 Å². The SMILES string of the molecule is NC(=O)[C@@H](N)Cc1cccc(C(=O)O)c1. The fourth-order valence-corrected chi connectivity index (χ4v) is 1.19. The third kappa shape index (κ3) is 3.07. The minimum atomic E-state index is -1.01. The molecule has 0 unspecified atom stereocenters. The molecule has 0 aromatic heterocycles. The van der Waals surface area contributed by atoms with E-state index >= 15 is 0 Å². The topological polar surface area (TPSA) is 106 Å². The Balaban J connectivity index is 2.82. The summed E-state index contributed by atoms with van der Waals surface area (Å²) in [6.07, 6.45) is 0.246. The van der Waals surface area contributed by atoms with Gasteiger partial charge in [-0.3, -0.25) is 4.79 Å². The lowest BCUT2D eigenvalue weighted by atomic mass is 10.0. The summed E-state index contributed by atoms with van der Waals surface area (Å²) in [5, 5.41) is 8.73. The molecule has 1 amide bonds. The molecule has 1 aromatic carbocycles. The Labute approximate surface area is 86.7 Å². The Morgan fingerprint density at radius 1 is 1.40 bits per heavy atom. The third-order valence-electron chi connectivity index (χ3n) is 1.99. The molecule has 0 fully saturated rings. The monoisotopic (exact) mass is 208 g/mol. The van der Waals surface area contributed by atoms with E-state index in [2.05, 4.69) is 0 Å². The van der Waals surface area contributed by atoms with Gasteiger partial charge in [0.15, 0.2) is 0 Å². The van der Waals surface area contributed by atoms with Crippen molar-refractivity contribution in [3.63, 3.8) is 0 Å². The van der Waals surface area contributed by atoms with Crippen LogP contribution in [0.3, 0.4) is 0 Å². The zero-order chi connectivity index (χ0) is 11.4. The molecule has 0 bridgehead atoms. The van der Waals surface area contributed by atoms with Crippen molar-refractivity contribution in [1.82, 2.24) is 0 Å². The highest BCUT2D eigenvalue weighted by atomic mass is 16.4. The van der Waals surface area contributed by atoms with E-state index in [0.29, 0.717) is 5.56 Å². The van der Waals surface area contributed by atoms with Crippen LogP contribution in [0.2, 0.25) is 0 Å². The van der Waals surface area contributed by atoms with Crippen LogP contribution in [0, 0.1) is 0 Å². The van der Waals surface area contributed by atoms with Gasteiger partial charge in [0, 0.05) is 0 Å². The van der Waals surface area contributed by atoms with Gasteiger partial charge in [-0.05, 0) is 24.1 Å². The predicted molar refractivity (Wildman–Crippen MR) is 54.3 cm³/mol. The molecule has 1 atom stereocenters. The van der Waals surface area contributed by atoms with E-state index in [1.54, 1.807) is 12.1 Å². The van der Waals surface area contributed by atoms with E-state index in [9.17, 15) is 9.59 Å². The quantitative estimate of drug-likeness (QED) is 0.633. The first-order chi connectivity index (χ1) is 7.00. The molecule has 0 radical (unpaired) electrons. The van der Waals surface area contributed by atoms with Gasteiger partial charge < -0.3 is 16.6 Å². The number of carboxylic acid groups (broad SMARTS) is 1. The molecule has 1 rings (SSSR count). The van der Waals surface area contributed by atoms with Gasteiger partial charge in [0.25, 0.3) is 0 Å². The van der Waals surface area contributed by atoms with Crippen molar-refractivity contribution in [2.24, 2.45) is 11.5 Å². The molecule has 0 aliphatic heterocycles. The number of primary amides is 1. The zero-order valence-electron chi connectivity index (χ0n) is 8.01. The van der Waals surface area contributed by atoms with Gasteiger partial charge >= 0.3 is 5.97 Å². The van der Waals surface area contributed by atoms with E-state index in [0.717, 1.165) is 0 Å². The molecule has 0 spiro atoms. The smallest absolute Gasteiger partial charge is 0.335 e. The normalized spacial score (nSPS) is 12.1. The Bertz CT molecular complexity index is 390. The van der Waals surface area contributed by atoms with E-state index in [1.165, 1.54) is 12.1 Å². The minimum absolute atomic E-state index is 0.171. The zero-order valence-corrected chi connectivity index (χ0v) is 8.01. The molecule has 0 saturated carbocycles. The van der Waals surface area contributed by atoms with Gasteiger partial charge in [-0.1, -0.05) is 12.1 Å². The fraction of sp³-hybridized carbons (Fsp3) is 0.200. The maximum Gasteiger partial charge on any atom is 0.335 e. The Kier molecular flexibility index (Phi) is 3.41. The molecule has 5 heteroatoms. The number of benzene rings is 1. The van der Waals surface area contributed by atoms with E-state index in [1.807, 2.05) is 0 Å². The van der Waals surface area contributed by atoms with Crippen molar-refractivity contribution in [2.45, 2.75) is 12.5 Å². The predicted octanol–water partition coefficient (Wildman–Crippen LogP) is -0.260. The summed E-state index contributed by atoms with van der Waals surface area (Å²) in [6.45, 7) is 0. The number of nitrogens with two attached hydrogens (primary N) is 2.